The summed E-state index contributed by atoms with van der Waals surface area (Å²) in [4.78, 5) is 12.7. The third kappa shape index (κ3) is 1.72. The van der Waals surface area contributed by atoms with Gasteiger partial charge in [0.25, 0.3) is 0 Å². The van der Waals surface area contributed by atoms with Crippen LogP contribution in [0.4, 0.5) is 4.79 Å². The summed E-state index contributed by atoms with van der Waals surface area (Å²) in [5.41, 5.74) is 6.35. The molecule has 5 nitrogen and oxygen atoms in total. The monoisotopic (exact) mass is 196 g/mol. The van der Waals surface area contributed by atoms with Crippen molar-refractivity contribution >= 4 is 6.09 Å². The van der Waals surface area contributed by atoms with E-state index < -0.39 is 0 Å². The number of cyclic esters (lactones) is 1. The largest absolute Gasteiger partial charge is 0.468 e. The maximum absolute atomic E-state index is 11.1. The number of hydrogen-bond donors (Lipinski definition) is 1. The fraction of sp³-hybridized carbons (Fsp3) is 0.444. The number of carbonyl (C=O) groups is 1. The Balaban J connectivity index is 1.99. The van der Waals surface area contributed by atoms with Crippen LogP contribution in [0.15, 0.2) is 16.7 Å². The van der Waals surface area contributed by atoms with Crippen LogP contribution in [-0.2, 0) is 17.8 Å². The summed E-state index contributed by atoms with van der Waals surface area (Å²) in [6.45, 7) is 2.02. The van der Waals surface area contributed by atoms with Crippen LogP contribution in [0.1, 0.15) is 11.3 Å². The third-order valence-corrected chi connectivity index (χ3v) is 2.13. The molecule has 2 heterocycles. The minimum absolute atomic E-state index is 0.263. The van der Waals surface area contributed by atoms with E-state index in [2.05, 4.69) is 0 Å². The molecule has 1 fully saturated rings. The molecular weight excluding hydrogens is 184 g/mol. The molecule has 0 atom stereocenters. The number of amides is 1. The van der Waals surface area contributed by atoms with Gasteiger partial charge in [-0.2, -0.15) is 0 Å². The highest BCUT2D eigenvalue weighted by Gasteiger charge is 2.22. The molecule has 0 radical (unpaired) electrons. The number of nitrogens with two attached hydrogens (primary N) is 1. The number of rotatable bonds is 3. The molecule has 0 unspecified atom stereocenters. The molecule has 2 N–H and O–H groups in total. The Bertz CT molecular complexity index is 335. The number of furan rings is 1. The summed E-state index contributed by atoms with van der Waals surface area (Å²) in [6.07, 6.45) is 1.36. The van der Waals surface area contributed by atoms with Crippen LogP contribution in [0.3, 0.4) is 0 Å². The van der Waals surface area contributed by atoms with Crippen molar-refractivity contribution in [1.29, 1.82) is 0 Å². The second-order valence-corrected chi connectivity index (χ2v) is 3.16. The molecule has 0 bridgehead atoms. The summed E-state index contributed by atoms with van der Waals surface area (Å²) in [5.74, 6) is 0.729. The van der Waals surface area contributed by atoms with Gasteiger partial charge in [0.15, 0.2) is 0 Å². The summed E-state index contributed by atoms with van der Waals surface area (Å²) in [7, 11) is 0. The molecule has 1 aliphatic rings. The molecule has 0 aromatic carbocycles. The lowest BCUT2D eigenvalue weighted by Gasteiger charge is -2.09. The van der Waals surface area contributed by atoms with Crippen molar-refractivity contribution in [2.75, 3.05) is 13.2 Å². The zero-order chi connectivity index (χ0) is 9.97. The molecule has 76 valence electrons. The molecule has 1 amide bonds. The Morgan fingerprint density at radius 2 is 2.43 bits per heavy atom. The standard InChI is InChI=1S/C9H12N2O3/c10-4-8-3-7(6-14-8)5-11-1-2-13-9(11)12/h3,6H,1-2,4-5,10H2. The number of hydrogen-bond acceptors (Lipinski definition) is 4. The highest BCUT2D eigenvalue weighted by Crippen LogP contribution is 2.13. The molecule has 0 aliphatic carbocycles. The van der Waals surface area contributed by atoms with Gasteiger partial charge in [-0.25, -0.2) is 4.79 Å². The van der Waals surface area contributed by atoms with Crippen molar-refractivity contribution in [3.63, 3.8) is 0 Å². The Morgan fingerprint density at radius 3 is 3.00 bits per heavy atom. The van der Waals surface area contributed by atoms with Crippen LogP contribution < -0.4 is 5.73 Å². The van der Waals surface area contributed by atoms with Crippen LogP contribution in [0, 0.1) is 0 Å². The molecule has 14 heavy (non-hydrogen) atoms. The summed E-state index contributed by atoms with van der Waals surface area (Å²) in [6, 6.07) is 1.85. The minimum Gasteiger partial charge on any atom is -0.468 e. The first-order valence-electron chi connectivity index (χ1n) is 4.47. The lowest BCUT2D eigenvalue weighted by Crippen LogP contribution is -2.23. The van der Waals surface area contributed by atoms with Gasteiger partial charge in [-0.05, 0) is 6.07 Å². The summed E-state index contributed by atoms with van der Waals surface area (Å²) >= 11 is 0. The molecule has 2 rings (SSSR count). The van der Waals surface area contributed by atoms with E-state index >= 15 is 0 Å². The van der Waals surface area contributed by atoms with Crippen molar-refractivity contribution in [2.24, 2.45) is 5.73 Å². The molecule has 1 aromatic heterocycles. The minimum atomic E-state index is -0.263. The normalized spacial score (nSPS) is 16.1. The maximum atomic E-state index is 11.1. The van der Waals surface area contributed by atoms with E-state index in [0.717, 1.165) is 11.3 Å². The number of nitrogens with zero attached hydrogens (tertiary/aromatic N) is 1. The number of ether oxygens (including phenoxy) is 1. The van der Waals surface area contributed by atoms with E-state index in [1.54, 1.807) is 11.2 Å². The molecule has 1 aliphatic heterocycles. The van der Waals surface area contributed by atoms with E-state index in [0.29, 0.717) is 26.2 Å². The van der Waals surface area contributed by atoms with Crippen LogP contribution in [0.5, 0.6) is 0 Å². The first-order chi connectivity index (χ1) is 6.79. The molecule has 1 saturated heterocycles. The highest BCUT2D eigenvalue weighted by molar-refractivity contribution is 5.69. The predicted molar refractivity (Wildman–Crippen MR) is 48.4 cm³/mol. The Morgan fingerprint density at radius 1 is 1.57 bits per heavy atom. The average molecular weight is 196 g/mol. The van der Waals surface area contributed by atoms with Gasteiger partial charge in [-0.3, -0.25) is 0 Å². The van der Waals surface area contributed by atoms with Crippen molar-refractivity contribution in [3.05, 3.63) is 23.7 Å². The van der Waals surface area contributed by atoms with E-state index in [4.69, 9.17) is 14.9 Å². The van der Waals surface area contributed by atoms with Crippen molar-refractivity contribution in [2.45, 2.75) is 13.1 Å². The van der Waals surface area contributed by atoms with Crippen molar-refractivity contribution < 1.29 is 13.9 Å². The van der Waals surface area contributed by atoms with Gasteiger partial charge in [0.05, 0.1) is 25.9 Å². The van der Waals surface area contributed by atoms with Crippen molar-refractivity contribution in [3.8, 4) is 0 Å². The molecule has 0 spiro atoms. The molecule has 1 aromatic rings. The van der Waals surface area contributed by atoms with Gasteiger partial charge in [-0.15, -0.1) is 0 Å². The Labute approximate surface area is 81.4 Å². The van der Waals surface area contributed by atoms with Gasteiger partial charge in [0.2, 0.25) is 0 Å². The zero-order valence-corrected chi connectivity index (χ0v) is 7.73. The maximum Gasteiger partial charge on any atom is 0.410 e. The van der Waals surface area contributed by atoms with Crippen LogP contribution in [0.2, 0.25) is 0 Å². The SMILES string of the molecule is NCc1cc(CN2CCOC2=O)co1. The van der Waals surface area contributed by atoms with E-state index in [1.165, 1.54) is 0 Å². The van der Waals surface area contributed by atoms with Gasteiger partial charge in [0, 0.05) is 5.56 Å². The lowest BCUT2D eigenvalue weighted by molar-refractivity contribution is 0.157. The Kier molecular flexibility index (Phi) is 2.41. The van der Waals surface area contributed by atoms with E-state index in [1.807, 2.05) is 6.07 Å². The van der Waals surface area contributed by atoms with Crippen LogP contribution in [-0.4, -0.2) is 24.1 Å². The van der Waals surface area contributed by atoms with Crippen LogP contribution in [0.25, 0.3) is 0 Å². The first-order valence-corrected chi connectivity index (χ1v) is 4.47. The molecule has 5 heteroatoms. The van der Waals surface area contributed by atoms with Crippen molar-refractivity contribution in [1.82, 2.24) is 4.90 Å². The van der Waals surface area contributed by atoms with Gasteiger partial charge >= 0.3 is 6.09 Å². The van der Waals surface area contributed by atoms with Gasteiger partial charge in [0.1, 0.15) is 12.4 Å². The lowest BCUT2D eigenvalue weighted by atomic mass is 10.3. The average Bonchev–Trinajstić information content (AvgIpc) is 2.77. The predicted octanol–water partition coefficient (Wildman–Crippen LogP) is 0.690. The number of carbonyl (C=O) groups excluding carboxylic acids is 1. The fourth-order valence-electron chi connectivity index (χ4n) is 1.41. The second kappa shape index (κ2) is 3.71. The fourth-order valence-corrected chi connectivity index (χ4v) is 1.41. The topological polar surface area (TPSA) is 68.7 Å². The highest BCUT2D eigenvalue weighted by atomic mass is 16.6. The van der Waals surface area contributed by atoms with E-state index in [9.17, 15) is 4.79 Å². The zero-order valence-electron chi connectivity index (χ0n) is 7.73. The van der Waals surface area contributed by atoms with Gasteiger partial charge in [-0.1, -0.05) is 0 Å². The van der Waals surface area contributed by atoms with Gasteiger partial charge < -0.3 is 19.8 Å². The third-order valence-electron chi connectivity index (χ3n) is 2.13. The van der Waals surface area contributed by atoms with Crippen LogP contribution >= 0.6 is 0 Å². The molecular formula is C9H12N2O3. The Hall–Kier alpha value is -1.49. The summed E-state index contributed by atoms with van der Waals surface area (Å²) < 4.78 is 9.96. The first kappa shape index (κ1) is 9.08. The van der Waals surface area contributed by atoms with E-state index in [-0.39, 0.29) is 6.09 Å². The quantitative estimate of drug-likeness (QED) is 0.772. The summed E-state index contributed by atoms with van der Waals surface area (Å²) in [5, 5.41) is 0. The molecule has 0 saturated carbocycles. The smallest absolute Gasteiger partial charge is 0.410 e. The second-order valence-electron chi connectivity index (χ2n) is 3.16.